The first kappa shape index (κ1) is 18.6. The van der Waals surface area contributed by atoms with Gasteiger partial charge in [0.1, 0.15) is 19.0 Å². The molecule has 0 spiro atoms. The molecule has 1 aliphatic rings. The number of nitrogens with one attached hydrogen (secondary N) is 1. The highest BCUT2D eigenvalue weighted by Gasteiger charge is 2.28. The lowest BCUT2D eigenvalue weighted by molar-refractivity contribution is 0.0915. The lowest BCUT2D eigenvalue weighted by atomic mass is 10.1. The SMILES string of the molecule is CN1CC(CNC(=O)c2cccc(COc3cc(CN)ncn3)c2)OC1=O. The van der Waals surface area contributed by atoms with E-state index in [0.29, 0.717) is 30.2 Å². The number of hydrogen-bond acceptors (Lipinski definition) is 7. The van der Waals surface area contributed by atoms with E-state index in [2.05, 4.69) is 15.3 Å². The molecule has 1 aromatic heterocycles. The second-order valence-electron chi connectivity index (χ2n) is 6.14. The normalized spacial score (nSPS) is 16.1. The first-order valence-electron chi connectivity index (χ1n) is 8.48. The Labute approximate surface area is 156 Å². The van der Waals surface area contributed by atoms with E-state index in [0.717, 1.165) is 5.56 Å². The molecule has 1 saturated heterocycles. The fraction of sp³-hybridized carbons (Fsp3) is 0.333. The number of aromatic nitrogens is 2. The molecule has 2 amide bonds. The minimum Gasteiger partial charge on any atom is -0.473 e. The number of likely N-dealkylation sites (N-methyl/N-ethyl adjacent to an activating group) is 1. The molecule has 0 aliphatic carbocycles. The maximum absolute atomic E-state index is 12.3. The van der Waals surface area contributed by atoms with Gasteiger partial charge >= 0.3 is 6.09 Å². The standard InChI is InChI=1S/C18H21N5O4/c1-23-9-15(27-18(23)25)8-20-17(24)13-4-2-3-12(5-13)10-26-16-6-14(7-19)21-11-22-16/h2-6,11,15H,7-10,19H2,1H3,(H,20,24). The van der Waals surface area contributed by atoms with Crippen molar-refractivity contribution in [1.29, 1.82) is 0 Å². The quantitative estimate of drug-likeness (QED) is 0.735. The van der Waals surface area contributed by atoms with Crippen LogP contribution in [0.2, 0.25) is 0 Å². The van der Waals surface area contributed by atoms with Gasteiger partial charge in [0.2, 0.25) is 5.88 Å². The Morgan fingerprint density at radius 2 is 2.26 bits per heavy atom. The highest BCUT2D eigenvalue weighted by atomic mass is 16.6. The Hall–Kier alpha value is -3.20. The third-order valence-corrected chi connectivity index (χ3v) is 4.03. The van der Waals surface area contributed by atoms with Crippen molar-refractivity contribution in [2.24, 2.45) is 5.73 Å². The summed E-state index contributed by atoms with van der Waals surface area (Å²) in [6, 6.07) is 8.77. The van der Waals surface area contributed by atoms with Crippen LogP contribution in [0.5, 0.6) is 5.88 Å². The summed E-state index contributed by atoms with van der Waals surface area (Å²) in [5, 5.41) is 2.78. The topological polar surface area (TPSA) is 120 Å². The van der Waals surface area contributed by atoms with Gasteiger partial charge in [-0.15, -0.1) is 0 Å². The molecule has 2 heterocycles. The van der Waals surface area contributed by atoms with Crippen molar-refractivity contribution in [2.75, 3.05) is 20.1 Å². The third kappa shape index (κ3) is 4.91. The molecule has 1 fully saturated rings. The average molecular weight is 371 g/mol. The summed E-state index contributed by atoms with van der Waals surface area (Å²) in [6.07, 6.45) is 0.678. The first-order chi connectivity index (χ1) is 13.0. The van der Waals surface area contributed by atoms with Gasteiger partial charge in [-0.05, 0) is 17.7 Å². The molecule has 0 saturated carbocycles. The second-order valence-corrected chi connectivity index (χ2v) is 6.14. The molecule has 2 aromatic rings. The number of hydrogen-bond donors (Lipinski definition) is 2. The Morgan fingerprint density at radius 1 is 1.41 bits per heavy atom. The number of amides is 2. The fourth-order valence-electron chi connectivity index (χ4n) is 2.59. The minimum atomic E-state index is -0.379. The molecular weight excluding hydrogens is 350 g/mol. The van der Waals surface area contributed by atoms with E-state index in [-0.39, 0.29) is 31.3 Å². The summed E-state index contributed by atoms with van der Waals surface area (Å²) in [7, 11) is 1.65. The number of rotatable bonds is 7. The van der Waals surface area contributed by atoms with Crippen molar-refractivity contribution in [1.82, 2.24) is 20.2 Å². The predicted octanol–water partition coefficient (Wildman–Crippen LogP) is 0.695. The van der Waals surface area contributed by atoms with Gasteiger partial charge in [-0.2, -0.15) is 0 Å². The average Bonchev–Trinajstić information content (AvgIpc) is 3.02. The number of ether oxygens (including phenoxy) is 2. The number of nitrogens with zero attached hydrogens (tertiary/aromatic N) is 3. The number of carbonyl (C=O) groups is 2. The summed E-state index contributed by atoms with van der Waals surface area (Å²) in [4.78, 5) is 33.2. The monoisotopic (exact) mass is 371 g/mol. The molecule has 0 radical (unpaired) electrons. The van der Waals surface area contributed by atoms with Gasteiger partial charge in [-0.25, -0.2) is 14.8 Å². The van der Waals surface area contributed by atoms with E-state index < -0.39 is 0 Å². The zero-order valence-electron chi connectivity index (χ0n) is 14.9. The molecule has 27 heavy (non-hydrogen) atoms. The molecule has 1 unspecified atom stereocenters. The molecule has 1 aliphatic heterocycles. The summed E-state index contributed by atoms with van der Waals surface area (Å²) >= 11 is 0. The maximum Gasteiger partial charge on any atom is 0.410 e. The van der Waals surface area contributed by atoms with E-state index in [4.69, 9.17) is 15.2 Å². The number of carbonyl (C=O) groups excluding carboxylic acids is 2. The highest BCUT2D eigenvalue weighted by molar-refractivity contribution is 5.94. The molecule has 9 nitrogen and oxygen atoms in total. The Balaban J connectivity index is 1.54. The third-order valence-electron chi connectivity index (χ3n) is 4.03. The molecule has 3 N–H and O–H groups in total. The van der Waals surface area contributed by atoms with Crippen LogP contribution in [-0.2, 0) is 17.9 Å². The van der Waals surface area contributed by atoms with Crippen LogP contribution in [0.3, 0.4) is 0 Å². The van der Waals surface area contributed by atoms with Crippen LogP contribution < -0.4 is 15.8 Å². The maximum atomic E-state index is 12.3. The van der Waals surface area contributed by atoms with Crippen LogP contribution in [-0.4, -0.2) is 53.1 Å². The number of nitrogens with two attached hydrogens (primary N) is 1. The van der Waals surface area contributed by atoms with Crippen molar-refractivity contribution in [3.8, 4) is 5.88 Å². The van der Waals surface area contributed by atoms with Crippen molar-refractivity contribution in [2.45, 2.75) is 19.3 Å². The number of cyclic esters (lactones) is 1. The first-order valence-corrected chi connectivity index (χ1v) is 8.48. The van der Waals surface area contributed by atoms with Crippen LogP contribution in [0, 0.1) is 0 Å². The highest BCUT2D eigenvalue weighted by Crippen LogP contribution is 2.12. The van der Waals surface area contributed by atoms with E-state index in [1.807, 2.05) is 6.07 Å². The van der Waals surface area contributed by atoms with E-state index >= 15 is 0 Å². The summed E-state index contributed by atoms with van der Waals surface area (Å²) in [6.45, 7) is 1.28. The van der Waals surface area contributed by atoms with Crippen molar-refractivity contribution in [3.63, 3.8) is 0 Å². The zero-order valence-corrected chi connectivity index (χ0v) is 14.9. The lowest BCUT2D eigenvalue weighted by Crippen LogP contribution is -2.34. The molecule has 3 rings (SSSR count). The van der Waals surface area contributed by atoms with Gasteiger partial charge < -0.3 is 25.4 Å². The summed E-state index contributed by atoms with van der Waals surface area (Å²) in [5.41, 5.74) is 7.56. The van der Waals surface area contributed by atoms with E-state index in [1.165, 1.54) is 11.2 Å². The molecule has 1 atom stereocenters. The minimum absolute atomic E-state index is 0.241. The smallest absolute Gasteiger partial charge is 0.410 e. The van der Waals surface area contributed by atoms with Crippen LogP contribution in [0.15, 0.2) is 36.7 Å². The lowest BCUT2D eigenvalue weighted by Gasteiger charge is -2.11. The Kier molecular flexibility index (Phi) is 5.82. The summed E-state index contributed by atoms with van der Waals surface area (Å²) < 4.78 is 10.8. The van der Waals surface area contributed by atoms with Gasteiger partial charge in [0, 0.05) is 25.2 Å². The predicted molar refractivity (Wildman–Crippen MR) is 95.9 cm³/mol. The van der Waals surface area contributed by atoms with Crippen molar-refractivity contribution >= 4 is 12.0 Å². The summed E-state index contributed by atoms with van der Waals surface area (Å²) in [5.74, 6) is 0.183. The van der Waals surface area contributed by atoms with Crippen LogP contribution >= 0.6 is 0 Å². The van der Waals surface area contributed by atoms with E-state index in [9.17, 15) is 9.59 Å². The van der Waals surface area contributed by atoms with E-state index in [1.54, 1.807) is 31.3 Å². The van der Waals surface area contributed by atoms with Crippen molar-refractivity contribution < 1.29 is 19.1 Å². The van der Waals surface area contributed by atoms with Crippen LogP contribution in [0.1, 0.15) is 21.6 Å². The van der Waals surface area contributed by atoms with Gasteiger partial charge in [0.05, 0.1) is 18.8 Å². The molecular formula is C18H21N5O4. The fourth-order valence-corrected chi connectivity index (χ4v) is 2.59. The molecule has 142 valence electrons. The Morgan fingerprint density at radius 3 is 3.00 bits per heavy atom. The molecule has 0 bridgehead atoms. The van der Waals surface area contributed by atoms with Crippen LogP contribution in [0.25, 0.3) is 0 Å². The van der Waals surface area contributed by atoms with Crippen LogP contribution in [0.4, 0.5) is 4.79 Å². The molecule has 9 heteroatoms. The van der Waals surface area contributed by atoms with Crippen molar-refractivity contribution in [3.05, 3.63) is 53.5 Å². The van der Waals surface area contributed by atoms with Gasteiger partial charge in [-0.1, -0.05) is 12.1 Å². The second kappa shape index (κ2) is 8.45. The molecule has 1 aromatic carbocycles. The van der Waals surface area contributed by atoms with Gasteiger partial charge in [0.15, 0.2) is 0 Å². The largest absolute Gasteiger partial charge is 0.473 e. The van der Waals surface area contributed by atoms with Gasteiger partial charge in [0.25, 0.3) is 5.91 Å². The van der Waals surface area contributed by atoms with Gasteiger partial charge in [-0.3, -0.25) is 4.79 Å². The Bertz CT molecular complexity index is 829. The number of benzene rings is 1. The zero-order chi connectivity index (χ0) is 19.2.